The number of halogens is 1. The van der Waals surface area contributed by atoms with Gasteiger partial charge in [0.15, 0.2) is 0 Å². The monoisotopic (exact) mass is 380 g/mol. The van der Waals surface area contributed by atoms with Gasteiger partial charge in [-0.25, -0.2) is 4.98 Å². The maximum absolute atomic E-state index is 6.18. The molecule has 26 heavy (non-hydrogen) atoms. The van der Waals surface area contributed by atoms with E-state index in [-0.39, 0.29) is 0 Å². The average Bonchev–Trinajstić information content (AvgIpc) is 3.19. The smallest absolute Gasteiger partial charge is 0.225 e. The van der Waals surface area contributed by atoms with Gasteiger partial charge in [-0.1, -0.05) is 48.0 Å². The highest BCUT2D eigenvalue weighted by atomic mass is 35.5. The Morgan fingerprint density at radius 2 is 1.77 bits per heavy atom. The number of nitrogens with zero attached hydrogens (tertiary/aromatic N) is 2. The Labute approximate surface area is 160 Å². The van der Waals surface area contributed by atoms with Crippen molar-refractivity contribution in [3.05, 3.63) is 81.5 Å². The quantitative estimate of drug-likeness (QED) is 0.459. The van der Waals surface area contributed by atoms with Crippen LogP contribution in [0.3, 0.4) is 0 Å². The first-order chi connectivity index (χ1) is 12.8. The van der Waals surface area contributed by atoms with Crippen LogP contribution in [0.4, 0.5) is 11.8 Å². The molecular weight excluding hydrogens is 364 g/mol. The number of nitrogens with one attached hydrogen (secondary N) is 2. The van der Waals surface area contributed by atoms with Gasteiger partial charge in [-0.2, -0.15) is 4.98 Å². The third-order valence-electron chi connectivity index (χ3n) is 3.96. The molecule has 4 rings (SSSR count). The third-order valence-corrected chi connectivity index (χ3v) is 5.07. The van der Waals surface area contributed by atoms with Crippen LogP contribution < -0.4 is 10.6 Å². The van der Waals surface area contributed by atoms with Crippen molar-refractivity contribution in [3.63, 3.8) is 0 Å². The van der Waals surface area contributed by atoms with Crippen molar-refractivity contribution < 1.29 is 0 Å². The number of hydrogen-bond acceptors (Lipinski definition) is 5. The molecule has 0 bridgehead atoms. The Balaban J connectivity index is 1.62. The van der Waals surface area contributed by atoms with Crippen molar-refractivity contribution in [1.82, 2.24) is 9.97 Å². The molecule has 0 aliphatic rings. The summed E-state index contributed by atoms with van der Waals surface area (Å²) in [6.07, 6.45) is 0. The normalized spacial score (nSPS) is 10.8. The second-order valence-corrected chi connectivity index (χ2v) is 7.30. The molecule has 6 heteroatoms. The Morgan fingerprint density at radius 3 is 2.58 bits per heavy atom. The minimum Gasteiger partial charge on any atom is -0.365 e. The lowest BCUT2D eigenvalue weighted by Gasteiger charge is -2.12. The fourth-order valence-corrected chi connectivity index (χ4v) is 3.49. The number of hydrogen-bond donors (Lipinski definition) is 2. The molecule has 0 unspecified atom stereocenters. The van der Waals surface area contributed by atoms with Crippen molar-refractivity contribution >= 4 is 45.6 Å². The topological polar surface area (TPSA) is 49.8 Å². The van der Waals surface area contributed by atoms with Crippen LogP contribution in [0.1, 0.15) is 10.4 Å². The van der Waals surface area contributed by atoms with Gasteiger partial charge in [0.25, 0.3) is 0 Å². The molecule has 0 radical (unpaired) electrons. The van der Waals surface area contributed by atoms with Gasteiger partial charge in [0.05, 0.1) is 12.1 Å². The number of rotatable bonds is 6. The van der Waals surface area contributed by atoms with Gasteiger partial charge in [-0.05, 0) is 35.2 Å². The highest BCUT2D eigenvalue weighted by Gasteiger charge is 2.09. The zero-order valence-corrected chi connectivity index (χ0v) is 15.5. The maximum atomic E-state index is 6.18. The van der Waals surface area contributed by atoms with Gasteiger partial charge in [0.2, 0.25) is 5.95 Å². The van der Waals surface area contributed by atoms with Crippen molar-refractivity contribution in [2.45, 2.75) is 13.1 Å². The summed E-state index contributed by atoms with van der Waals surface area (Å²) in [4.78, 5) is 10.5. The van der Waals surface area contributed by atoms with E-state index in [2.05, 4.69) is 44.2 Å². The zero-order valence-electron chi connectivity index (χ0n) is 13.9. The fourth-order valence-electron chi connectivity index (χ4n) is 2.68. The van der Waals surface area contributed by atoms with Gasteiger partial charge >= 0.3 is 0 Å². The highest BCUT2D eigenvalue weighted by molar-refractivity contribution is 7.09. The summed E-state index contributed by atoms with van der Waals surface area (Å²) in [5.74, 6) is 1.37. The molecule has 130 valence electrons. The second-order valence-electron chi connectivity index (χ2n) is 5.83. The number of fused-ring (bicyclic) bond motifs is 1. The molecule has 0 aliphatic carbocycles. The van der Waals surface area contributed by atoms with Gasteiger partial charge in [-0.3, -0.25) is 0 Å². The third kappa shape index (κ3) is 3.95. The molecule has 2 aromatic carbocycles. The Kier molecular flexibility index (Phi) is 5.00. The van der Waals surface area contributed by atoms with Crippen LogP contribution in [0.25, 0.3) is 10.9 Å². The Hall–Kier alpha value is -2.63. The van der Waals surface area contributed by atoms with Crippen LogP contribution in [0.2, 0.25) is 5.02 Å². The minimum atomic E-state index is 0.601. The SMILES string of the molecule is Clc1ccc2nc(NCc3cccs3)nc(NCc3ccccc3)c2c1. The molecule has 2 heterocycles. The maximum Gasteiger partial charge on any atom is 0.225 e. The Morgan fingerprint density at radius 1 is 0.885 bits per heavy atom. The predicted molar refractivity (Wildman–Crippen MR) is 110 cm³/mol. The molecule has 0 atom stereocenters. The largest absolute Gasteiger partial charge is 0.365 e. The van der Waals surface area contributed by atoms with Crippen molar-refractivity contribution in [2.75, 3.05) is 10.6 Å². The van der Waals surface area contributed by atoms with Gasteiger partial charge in [0.1, 0.15) is 5.82 Å². The Bertz CT molecular complexity index is 1000. The summed E-state index contributed by atoms with van der Waals surface area (Å²) in [5, 5.41) is 10.4. The first-order valence-electron chi connectivity index (χ1n) is 8.29. The standard InChI is InChI=1S/C20H17ClN4S/c21-15-8-9-18-17(11-15)19(22-12-14-5-2-1-3-6-14)25-20(24-18)23-13-16-7-4-10-26-16/h1-11H,12-13H2,(H2,22,23,24,25). The lowest BCUT2D eigenvalue weighted by molar-refractivity contribution is 1.06. The van der Waals surface area contributed by atoms with E-state index < -0.39 is 0 Å². The summed E-state index contributed by atoms with van der Waals surface area (Å²) >= 11 is 7.89. The van der Waals surface area contributed by atoms with Gasteiger partial charge in [0, 0.05) is 21.8 Å². The van der Waals surface area contributed by atoms with Gasteiger partial charge < -0.3 is 10.6 Å². The molecule has 0 amide bonds. The lowest BCUT2D eigenvalue weighted by atomic mass is 10.2. The van der Waals surface area contributed by atoms with Crippen LogP contribution in [-0.4, -0.2) is 9.97 Å². The lowest BCUT2D eigenvalue weighted by Crippen LogP contribution is -2.07. The van der Waals surface area contributed by atoms with Crippen LogP contribution in [0.5, 0.6) is 0 Å². The van der Waals surface area contributed by atoms with E-state index >= 15 is 0 Å². The van der Waals surface area contributed by atoms with E-state index in [1.54, 1.807) is 11.3 Å². The number of benzene rings is 2. The number of anilines is 2. The first-order valence-corrected chi connectivity index (χ1v) is 9.55. The summed E-state index contributed by atoms with van der Waals surface area (Å²) < 4.78 is 0. The zero-order chi connectivity index (χ0) is 17.8. The summed E-state index contributed by atoms with van der Waals surface area (Å²) in [6.45, 7) is 1.39. The molecule has 4 nitrogen and oxygen atoms in total. The van der Waals surface area contributed by atoms with Gasteiger partial charge in [-0.15, -0.1) is 11.3 Å². The van der Waals surface area contributed by atoms with E-state index in [0.717, 1.165) is 16.7 Å². The minimum absolute atomic E-state index is 0.601. The van der Waals surface area contributed by atoms with E-state index in [9.17, 15) is 0 Å². The van der Waals surface area contributed by atoms with Crippen LogP contribution in [0, 0.1) is 0 Å². The predicted octanol–water partition coefficient (Wildman–Crippen LogP) is 5.57. The van der Waals surface area contributed by atoms with E-state index in [4.69, 9.17) is 11.6 Å². The van der Waals surface area contributed by atoms with Crippen LogP contribution in [-0.2, 0) is 13.1 Å². The van der Waals surface area contributed by atoms with E-state index in [0.29, 0.717) is 24.1 Å². The number of aromatic nitrogens is 2. The average molecular weight is 381 g/mol. The summed E-state index contributed by atoms with van der Waals surface area (Å²) in [5.41, 5.74) is 2.04. The van der Waals surface area contributed by atoms with E-state index in [1.807, 2.05) is 42.5 Å². The van der Waals surface area contributed by atoms with Crippen LogP contribution in [0.15, 0.2) is 66.0 Å². The molecular formula is C20H17ClN4S. The van der Waals surface area contributed by atoms with Crippen LogP contribution >= 0.6 is 22.9 Å². The molecule has 0 fully saturated rings. The molecule has 2 N–H and O–H groups in total. The molecule has 2 aromatic heterocycles. The molecule has 0 aliphatic heterocycles. The summed E-state index contributed by atoms with van der Waals surface area (Å²) in [7, 11) is 0. The number of thiophene rings is 1. The second kappa shape index (κ2) is 7.72. The van der Waals surface area contributed by atoms with Crippen molar-refractivity contribution in [3.8, 4) is 0 Å². The first kappa shape index (κ1) is 16.8. The molecule has 4 aromatic rings. The molecule has 0 saturated heterocycles. The summed E-state index contributed by atoms with van der Waals surface area (Å²) in [6, 6.07) is 20.0. The van der Waals surface area contributed by atoms with E-state index in [1.165, 1.54) is 10.4 Å². The van der Waals surface area contributed by atoms with Crippen molar-refractivity contribution in [1.29, 1.82) is 0 Å². The molecule has 0 spiro atoms. The van der Waals surface area contributed by atoms with Crippen molar-refractivity contribution in [2.24, 2.45) is 0 Å². The fraction of sp³-hybridized carbons (Fsp3) is 0.100. The highest BCUT2D eigenvalue weighted by Crippen LogP contribution is 2.26. The molecule has 0 saturated carbocycles.